The van der Waals surface area contributed by atoms with Crippen LogP contribution in [0.25, 0.3) is 22.5 Å². The van der Waals surface area contributed by atoms with Gasteiger partial charge in [-0.05, 0) is 12.1 Å². The SMILES string of the molecule is Cn1cc(-c2ccnc(NC(=O)c3cc(-c4ccccc4Cl)no3)n2)cn1. The van der Waals surface area contributed by atoms with E-state index in [-0.39, 0.29) is 11.7 Å². The van der Waals surface area contributed by atoms with Crippen LogP contribution < -0.4 is 5.32 Å². The quantitative estimate of drug-likeness (QED) is 0.582. The number of benzene rings is 1. The van der Waals surface area contributed by atoms with Crippen LogP contribution in [0.2, 0.25) is 5.02 Å². The van der Waals surface area contributed by atoms with Crippen molar-refractivity contribution in [1.29, 1.82) is 0 Å². The Balaban J connectivity index is 1.54. The van der Waals surface area contributed by atoms with Gasteiger partial charge >= 0.3 is 0 Å². The Morgan fingerprint density at radius 3 is 2.85 bits per heavy atom. The van der Waals surface area contributed by atoms with Crippen molar-refractivity contribution in [2.45, 2.75) is 0 Å². The first-order valence-corrected chi connectivity index (χ1v) is 8.33. The molecular formula is C18H13ClN6O2. The third kappa shape index (κ3) is 3.56. The van der Waals surface area contributed by atoms with Gasteiger partial charge in [-0.25, -0.2) is 9.97 Å². The highest BCUT2D eigenvalue weighted by atomic mass is 35.5. The topological polar surface area (TPSA) is 98.7 Å². The van der Waals surface area contributed by atoms with Crippen LogP contribution in [0, 0.1) is 0 Å². The van der Waals surface area contributed by atoms with E-state index in [4.69, 9.17) is 16.1 Å². The third-order valence-electron chi connectivity index (χ3n) is 3.77. The molecule has 8 nitrogen and oxygen atoms in total. The number of nitrogens with zero attached hydrogens (tertiary/aromatic N) is 5. The van der Waals surface area contributed by atoms with Gasteiger partial charge < -0.3 is 4.52 Å². The zero-order chi connectivity index (χ0) is 18.8. The lowest BCUT2D eigenvalue weighted by atomic mass is 10.1. The van der Waals surface area contributed by atoms with Crippen LogP contribution in [-0.4, -0.2) is 30.8 Å². The number of hydrogen-bond donors (Lipinski definition) is 1. The summed E-state index contributed by atoms with van der Waals surface area (Å²) in [6, 6.07) is 10.4. The second-order valence-electron chi connectivity index (χ2n) is 5.68. The van der Waals surface area contributed by atoms with E-state index in [1.54, 1.807) is 35.3 Å². The van der Waals surface area contributed by atoms with Gasteiger partial charge in [-0.3, -0.25) is 14.8 Å². The maximum Gasteiger partial charge on any atom is 0.296 e. The standard InChI is InChI=1S/C18H13ClN6O2/c1-25-10-11(9-21-25)14-6-7-20-18(22-14)23-17(26)16-8-15(24-27-16)12-4-2-3-5-13(12)19/h2-10H,1H3,(H,20,22,23,26). The van der Waals surface area contributed by atoms with Crippen molar-refractivity contribution in [3.63, 3.8) is 0 Å². The molecule has 134 valence electrons. The molecule has 0 unspecified atom stereocenters. The summed E-state index contributed by atoms with van der Waals surface area (Å²) in [4.78, 5) is 20.8. The first-order valence-electron chi connectivity index (χ1n) is 7.95. The van der Waals surface area contributed by atoms with Crippen molar-refractivity contribution >= 4 is 23.5 Å². The summed E-state index contributed by atoms with van der Waals surface area (Å²) >= 11 is 6.15. The summed E-state index contributed by atoms with van der Waals surface area (Å²) in [6.07, 6.45) is 5.06. The molecule has 9 heteroatoms. The molecule has 3 heterocycles. The molecule has 0 atom stereocenters. The molecule has 4 rings (SSSR count). The molecule has 0 saturated heterocycles. The molecule has 0 aliphatic heterocycles. The highest BCUT2D eigenvalue weighted by molar-refractivity contribution is 6.33. The van der Waals surface area contributed by atoms with Gasteiger partial charge in [0, 0.05) is 36.6 Å². The van der Waals surface area contributed by atoms with Crippen LogP contribution in [0.15, 0.2) is 59.5 Å². The number of amides is 1. The normalized spacial score (nSPS) is 10.7. The minimum absolute atomic E-state index is 0.0281. The molecule has 0 radical (unpaired) electrons. The lowest BCUT2D eigenvalue weighted by molar-refractivity contribution is 0.0987. The predicted molar refractivity (Wildman–Crippen MR) is 99.1 cm³/mol. The molecule has 4 aromatic rings. The number of hydrogen-bond acceptors (Lipinski definition) is 6. The Morgan fingerprint density at radius 1 is 1.22 bits per heavy atom. The number of rotatable bonds is 4. The highest BCUT2D eigenvalue weighted by Gasteiger charge is 2.17. The van der Waals surface area contributed by atoms with Crippen LogP contribution >= 0.6 is 11.6 Å². The number of aryl methyl sites for hydroxylation is 1. The Hall–Kier alpha value is -3.52. The number of anilines is 1. The van der Waals surface area contributed by atoms with Gasteiger partial charge in [0.15, 0.2) is 0 Å². The van der Waals surface area contributed by atoms with Gasteiger partial charge in [0.25, 0.3) is 5.91 Å². The molecule has 1 N–H and O–H groups in total. The van der Waals surface area contributed by atoms with Gasteiger partial charge in [0.1, 0.15) is 5.69 Å². The fraction of sp³-hybridized carbons (Fsp3) is 0.0556. The number of carbonyl (C=O) groups excluding carboxylic acids is 1. The molecule has 0 aliphatic rings. The molecule has 27 heavy (non-hydrogen) atoms. The summed E-state index contributed by atoms with van der Waals surface area (Å²) < 4.78 is 6.80. The minimum atomic E-state index is -0.510. The van der Waals surface area contributed by atoms with E-state index >= 15 is 0 Å². The Kier molecular flexibility index (Phi) is 4.39. The van der Waals surface area contributed by atoms with Crippen molar-refractivity contribution < 1.29 is 9.32 Å². The van der Waals surface area contributed by atoms with Crippen LogP contribution in [0.1, 0.15) is 10.6 Å². The number of carbonyl (C=O) groups is 1. The van der Waals surface area contributed by atoms with E-state index in [0.717, 1.165) is 5.56 Å². The molecule has 0 bridgehead atoms. The molecule has 0 spiro atoms. The molecule has 3 aromatic heterocycles. The minimum Gasteiger partial charge on any atom is -0.350 e. The zero-order valence-electron chi connectivity index (χ0n) is 14.1. The van der Waals surface area contributed by atoms with Gasteiger partial charge in [0.2, 0.25) is 11.7 Å². The smallest absolute Gasteiger partial charge is 0.296 e. The van der Waals surface area contributed by atoms with E-state index in [1.165, 1.54) is 6.07 Å². The van der Waals surface area contributed by atoms with Gasteiger partial charge in [-0.15, -0.1) is 0 Å². The highest BCUT2D eigenvalue weighted by Crippen LogP contribution is 2.27. The second kappa shape index (κ2) is 7.00. The van der Waals surface area contributed by atoms with Gasteiger partial charge in [-0.2, -0.15) is 5.10 Å². The van der Waals surface area contributed by atoms with Crippen molar-refractivity contribution in [3.05, 3.63) is 65.8 Å². The van der Waals surface area contributed by atoms with E-state index in [9.17, 15) is 4.79 Å². The van der Waals surface area contributed by atoms with Gasteiger partial charge in [-0.1, -0.05) is 35.0 Å². The Labute approximate surface area is 158 Å². The van der Waals surface area contributed by atoms with Crippen molar-refractivity contribution in [3.8, 4) is 22.5 Å². The molecule has 1 amide bonds. The van der Waals surface area contributed by atoms with Crippen molar-refractivity contribution in [2.75, 3.05) is 5.32 Å². The fourth-order valence-corrected chi connectivity index (χ4v) is 2.71. The number of aromatic nitrogens is 5. The van der Waals surface area contributed by atoms with Crippen LogP contribution in [0.4, 0.5) is 5.95 Å². The molecular weight excluding hydrogens is 368 g/mol. The Morgan fingerprint density at radius 2 is 2.07 bits per heavy atom. The second-order valence-corrected chi connectivity index (χ2v) is 6.09. The fourth-order valence-electron chi connectivity index (χ4n) is 2.47. The largest absolute Gasteiger partial charge is 0.350 e. The number of halogens is 1. The maximum atomic E-state index is 12.4. The third-order valence-corrected chi connectivity index (χ3v) is 4.09. The van der Waals surface area contributed by atoms with E-state index < -0.39 is 5.91 Å². The van der Waals surface area contributed by atoms with Crippen LogP contribution in [0.3, 0.4) is 0 Å². The first-order chi connectivity index (χ1) is 13.1. The maximum absolute atomic E-state index is 12.4. The molecule has 0 saturated carbocycles. The summed E-state index contributed by atoms with van der Waals surface area (Å²) in [6.45, 7) is 0. The first kappa shape index (κ1) is 16.9. The summed E-state index contributed by atoms with van der Waals surface area (Å²) in [5.74, 6) is -0.332. The lowest BCUT2D eigenvalue weighted by Crippen LogP contribution is -2.13. The van der Waals surface area contributed by atoms with Crippen LogP contribution in [-0.2, 0) is 7.05 Å². The average Bonchev–Trinajstić information content (AvgIpc) is 3.32. The van der Waals surface area contributed by atoms with Crippen molar-refractivity contribution in [1.82, 2.24) is 24.9 Å². The summed E-state index contributed by atoms with van der Waals surface area (Å²) in [5.41, 5.74) is 2.60. The van der Waals surface area contributed by atoms with E-state index in [2.05, 4.69) is 25.5 Å². The lowest BCUT2D eigenvalue weighted by Gasteiger charge is -2.02. The van der Waals surface area contributed by atoms with E-state index in [1.807, 2.05) is 25.4 Å². The number of nitrogens with one attached hydrogen (secondary N) is 1. The van der Waals surface area contributed by atoms with E-state index in [0.29, 0.717) is 22.0 Å². The molecule has 1 aromatic carbocycles. The monoisotopic (exact) mass is 380 g/mol. The summed E-state index contributed by atoms with van der Waals surface area (Å²) in [7, 11) is 1.81. The van der Waals surface area contributed by atoms with Crippen LogP contribution in [0.5, 0.6) is 0 Å². The molecule has 0 aliphatic carbocycles. The van der Waals surface area contributed by atoms with Gasteiger partial charge in [0.05, 0.1) is 16.9 Å². The van der Waals surface area contributed by atoms with Crippen molar-refractivity contribution in [2.24, 2.45) is 7.05 Å². The predicted octanol–water partition coefficient (Wildman–Crippen LogP) is 3.44. The zero-order valence-corrected chi connectivity index (χ0v) is 14.9. The summed E-state index contributed by atoms with van der Waals surface area (Å²) in [5, 5.41) is 11.1. The Bertz CT molecular complexity index is 1120. The molecule has 0 fully saturated rings. The average molecular weight is 381 g/mol.